The van der Waals surface area contributed by atoms with Gasteiger partial charge in [-0.15, -0.1) is 0 Å². The Bertz CT molecular complexity index is 818. The molecule has 6 nitrogen and oxygen atoms in total. The van der Waals surface area contributed by atoms with Gasteiger partial charge in [0.15, 0.2) is 5.78 Å². The second-order valence-electron chi connectivity index (χ2n) is 6.72. The van der Waals surface area contributed by atoms with Crippen LogP contribution in [0.2, 0.25) is 0 Å². The second kappa shape index (κ2) is 7.25. The number of nitrogens with zero attached hydrogens (tertiary/aromatic N) is 2. The Morgan fingerprint density at radius 2 is 1.84 bits per heavy atom. The molecular formula is C19H20N2O4. The van der Waals surface area contributed by atoms with Crippen molar-refractivity contribution in [3.8, 4) is 5.75 Å². The van der Waals surface area contributed by atoms with Crippen LogP contribution >= 0.6 is 0 Å². The average Bonchev–Trinajstić information content (AvgIpc) is 2.55. The minimum Gasteiger partial charge on any atom is -0.507 e. The van der Waals surface area contributed by atoms with E-state index < -0.39 is 4.92 Å². The summed E-state index contributed by atoms with van der Waals surface area (Å²) < 4.78 is 0. The van der Waals surface area contributed by atoms with Gasteiger partial charge in [0.2, 0.25) is 0 Å². The van der Waals surface area contributed by atoms with E-state index in [9.17, 15) is 20.0 Å². The van der Waals surface area contributed by atoms with E-state index in [1.807, 2.05) is 12.1 Å². The lowest BCUT2D eigenvalue weighted by Crippen LogP contribution is -2.11. The van der Waals surface area contributed by atoms with Crippen molar-refractivity contribution >= 4 is 17.7 Å². The number of nitro benzene ring substituents is 1. The summed E-state index contributed by atoms with van der Waals surface area (Å²) in [5, 5.41) is 20.5. The molecule has 0 fully saturated rings. The number of aromatic hydroxyl groups is 1. The number of benzene rings is 2. The third-order valence-electron chi connectivity index (χ3n) is 3.76. The number of phenolic OH excluding ortho intramolecular Hbond substituents is 1. The van der Waals surface area contributed by atoms with Crippen molar-refractivity contribution in [2.45, 2.75) is 26.2 Å². The van der Waals surface area contributed by atoms with Crippen LogP contribution in [0.3, 0.4) is 0 Å². The quantitative estimate of drug-likeness (QED) is 0.387. The number of carbonyl (C=O) groups excluding carboxylic acids is 1. The van der Waals surface area contributed by atoms with Gasteiger partial charge in [0.05, 0.1) is 4.92 Å². The standard InChI is InChI=1S/C19H20N2O4/c1-19(2,3)15-6-4-13(5-7-15)18(23)12-20-11-14-10-16(21(24)25)8-9-17(14)22/h4-11,22H,12H2,1-3H3. The third kappa shape index (κ3) is 4.73. The van der Waals surface area contributed by atoms with Gasteiger partial charge in [0.25, 0.3) is 5.69 Å². The van der Waals surface area contributed by atoms with Crippen molar-refractivity contribution in [3.63, 3.8) is 0 Å². The van der Waals surface area contributed by atoms with Crippen molar-refractivity contribution in [1.82, 2.24) is 0 Å². The molecule has 0 saturated heterocycles. The normalized spacial score (nSPS) is 11.6. The number of hydrogen-bond acceptors (Lipinski definition) is 5. The summed E-state index contributed by atoms with van der Waals surface area (Å²) in [6, 6.07) is 11.0. The molecular weight excluding hydrogens is 320 g/mol. The molecule has 0 bridgehead atoms. The van der Waals surface area contributed by atoms with Crippen LogP contribution < -0.4 is 0 Å². The van der Waals surface area contributed by atoms with Crippen molar-refractivity contribution in [1.29, 1.82) is 0 Å². The van der Waals surface area contributed by atoms with Crippen LogP contribution in [0.15, 0.2) is 47.5 Å². The van der Waals surface area contributed by atoms with Gasteiger partial charge < -0.3 is 5.11 Å². The van der Waals surface area contributed by atoms with Crippen molar-refractivity contribution in [2.24, 2.45) is 4.99 Å². The van der Waals surface area contributed by atoms with Gasteiger partial charge in [-0.1, -0.05) is 45.0 Å². The molecule has 0 saturated carbocycles. The summed E-state index contributed by atoms with van der Waals surface area (Å²) in [6.07, 6.45) is 1.27. The molecule has 0 aliphatic carbocycles. The van der Waals surface area contributed by atoms with Crippen LogP contribution in [0, 0.1) is 10.1 Å². The van der Waals surface area contributed by atoms with Gasteiger partial charge in [-0.25, -0.2) is 0 Å². The largest absolute Gasteiger partial charge is 0.507 e. The molecule has 6 heteroatoms. The van der Waals surface area contributed by atoms with Crippen LogP contribution in [-0.2, 0) is 5.41 Å². The maximum absolute atomic E-state index is 12.2. The number of ketones is 1. The molecule has 0 aliphatic rings. The zero-order chi connectivity index (χ0) is 18.6. The number of Topliss-reactive ketones (excluding diaryl/α,β-unsaturated/α-hetero) is 1. The summed E-state index contributed by atoms with van der Waals surface area (Å²) in [6.45, 7) is 6.19. The lowest BCUT2D eigenvalue weighted by Gasteiger charge is -2.18. The fourth-order valence-corrected chi connectivity index (χ4v) is 2.23. The Kier molecular flexibility index (Phi) is 5.32. The molecule has 2 aromatic rings. The number of rotatable bonds is 5. The Hall–Kier alpha value is -3.02. The highest BCUT2D eigenvalue weighted by atomic mass is 16.6. The SMILES string of the molecule is CC(C)(C)c1ccc(C(=O)CN=Cc2cc([N+](=O)[O-])ccc2O)cc1. The summed E-state index contributed by atoms with van der Waals surface area (Å²) in [5.41, 5.74) is 1.75. The van der Waals surface area contributed by atoms with Crippen LogP contribution in [0.4, 0.5) is 5.69 Å². The average molecular weight is 340 g/mol. The summed E-state index contributed by atoms with van der Waals surface area (Å²) >= 11 is 0. The summed E-state index contributed by atoms with van der Waals surface area (Å²) in [4.78, 5) is 26.4. The van der Waals surface area contributed by atoms with Crippen LogP contribution in [-0.4, -0.2) is 28.6 Å². The number of aliphatic imine (C=N–C) groups is 1. The first-order valence-electron chi connectivity index (χ1n) is 7.79. The number of nitro groups is 1. The van der Waals surface area contributed by atoms with Gasteiger partial charge in [-0.2, -0.15) is 0 Å². The van der Waals surface area contributed by atoms with Gasteiger partial charge in [-0.05, 0) is 17.0 Å². The fraction of sp³-hybridized carbons (Fsp3) is 0.263. The zero-order valence-electron chi connectivity index (χ0n) is 14.4. The topological polar surface area (TPSA) is 92.8 Å². The van der Waals surface area contributed by atoms with E-state index in [1.54, 1.807) is 12.1 Å². The molecule has 0 aliphatic heterocycles. The monoisotopic (exact) mass is 340 g/mol. The van der Waals surface area contributed by atoms with Crippen molar-refractivity contribution < 1.29 is 14.8 Å². The molecule has 0 heterocycles. The minimum atomic E-state index is -0.557. The zero-order valence-corrected chi connectivity index (χ0v) is 14.4. The molecule has 2 rings (SSSR count). The van der Waals surface area contributed by atoms with Crippen molar-refractivity contribution in [3.05, 3.63) is 69.3 Å². The first-order chi connectivity index (χ1) is 11.7. The van der Waals surface area contributed by atoms with E-state index in [4.69, 9.17) is 0 Å². The molecule has 0 aromatic heterocycles. The number of non-ortho nitro benzene ring substituents is 1. The van der Waals surface area contributed by atoms with Gasteiger partial charge >= 0.3 is 0 Å². The maximum Gasteiger partial charge on any atom is 0.270 e. The smallest absolute Gasteiger partial charge is 0.270 e. The number of phenols is 1. The Morgan fingerprint density at radius 3 is 2.40 bits per heavy atom. The number of carbonyl (C=O) groups is 1. The Morgan fingerprint density at radius 1 is 1.20 bits per heavy atom. The fourth-order valence-electron chi connectivity index (χ4n) is 2.23. The van der Waals surface area contributed by atoms with E-state index in [0.29, 0.717) is 5.56 Å². The first-order valence-corrected chi connectivity index (χ1v) is 7.79. The Balaban J connectivity index is 2.08. The molecule has 25 heavy (non-hydrogen) atoms. The molecule has 130 valence electrons. The predicted molar refractivity (Wildman–Crippen MR) is 96.7 cm³/mol. The van der Waals surface area contributed by atoms with Gasteiger partial charge in [0, 0.05) is 29.5 Å². The molecule has 0 amide bonds. The van der Waals surface area contributed by atoms with Crippen LogP contribution in [0.1, 0.15) is 42.3 Å². The highest BCUT2D eigenvalue weighted by molar-refractivity contribution is 5.99. The van der Waals surface area contributed by atoms with Crippen LogP contribution in [0.25, 0.3) is 0 Å². The lowest BCUT2D eigenvalue weighted by atomic mass is 9.86. The lowest BCUT2D eigenvalue weighted by molar-refractivity contribution is -0.384. The highest BCUT2D eigenvalue weighted by Crippen LogP contribution is 2.23. The Labute approximate surface area is 146 Å². The van der Waals surface area contributed by atoms with E-state index in [-0.39, 0.29) is 34.7 Å². The molecule has 1 N–H and O–H groups in total. The summed E-state index contributed by atoms with van der Waals surface area (Å²) in [5.74, 6) is -0.294. The molecule has 0 atom stereocenters. The van der Waals surface area contributed by atoms with E-state index >= 15 is 0 Å². The van der Waals surface area contributed by atoms with E-state index in [2.05, 4.69) is 25.8 Å². The van der Waals surface area contributed by atoms with Gasteiger partial charge in [-0.3, -0.25) is 19.9 Å². The van der Waals surface area contributed by atoms with E-state index in [1.165, 1.54) is 24.4 Å². The molecule has 0 radical (unpaired) electrons. The minimum absolute atomic E-state index is 0.0132. The molecule has 2 aromatic carbocycles. The maximum atomic E-state index is 12.2. The summed E-state index contributed by atoms with van der Waals surface area (Å²) in [7, 11) is 0. The second-order valence-corrected chi connectivity index (χ2v) is 6.72. The predicted octanol–water partition coefficient (Wildman–Crippen LogP) is 3.90. The molecule has 0 unspecified atom stereocenters. The van der Waals surface area contributed by atoms with Gasteiger partial charge in [0.1, 0.15) is 12.3 Å². The molecule has 0 spiro atoms. The highest BCUT2D eigenvalue weighted by Gasteiger charge is 2.14. The van der Waals surface area contributed by atoms with Crippen LogP contribution in [0.5, 0.6) is 5.75 Å². The van der Waals surface area contributed by atoms with Crippen molar-refractivity contribution in [2.75, 3.05) is 6.54 Å². The number of hydrogen-bond donors (Lipinski definition) is 1. The first kappa shape index (κ1) is 18.3. The third-order valence-corrected chi connectivity index (χ3v) is 3.76. The van der Waals surface area contributed by atoms with E-state index in [0.717, 1.165) is 5.56 Å².